The Balaban J connectivity index is 1.70. The van der Waals surface area contributed by atoms with Crippen molar-refractivity contribution in [2.75, 3.05) is 31.6 Å². The van der Waals surface area contributed by atoms with Crippen LogP contribution in [0.1, 0.15) is 30.9 Å². The number of carbonyl (C=O) groups excluding carboxylic acids is 3. The minimum absolute atomic E-state index is 0.121. The van der Waals surface area contributed by atoms with Crippen LogP contribution < -0.4 is 16.4 Å². The first-order valence-electron chi connectivity index (χ1n) is 11.4. The molecule has 1 fully saturated rings. The number of carbonyl (C=O) groups is 3. The number of benzene rings is 2. The van der Waals surface area contributed by atoms with Crippen LogP contribution in [0.3, 0.4) is 0 Å². The summed E-state index contributed by atoms with van der Waals surface area (Å²) in [6.07, 6.45) is 1.29. The van der Waals surface area contributed by atoms with Gasteiger partial charge in [0, 0.05) is 30.3 Å². The minimum atomic E-state index is -1.09. The summed E-state index contributed by atoms with van der Waals surface area (Å²) in [4.78, 5) is 39.7. The molecule has 1 saturated heterocycles. The highest BCUT2D eigenvalue weighted by atomic mass is 35.5. The first-order valence-corrected chi connectivity index (χ1v) is 11.8. The Hall–Kier alpha value is -3.10. The number of rotatable bonds is 8. The van der Waals surface area contributed by atoms with E-state index in [1.54, 1.807) is 23.1 Å². The van der Waals surface area contributed by atoms with Crippen molar-refractivity contribution in [1.82, 2.24) is 10.2 Å². The fourth-order valence-electron chi connectivity index (χ4n) is 4.03. The number of amides is 3. The summed E-state index contributed by atoms with van der Waals surface area (Å²) in [5.74, 6) is -0.550. The van der Waals surface area contributed by atoms with Gasteiger partial charge < -0.3 is 20.7 Å². The lowest BCUT2D eigenvalue weighted by molar-refractivity contribution is -0.143. The van der Waals surface area contributed by atoms with Crippen LogP contribution in [0, 0.1) is 5.41 Å². The van der Waals surface area contributed by atoms with Crippen molar-refractivity contribution in [2.24, 2.45) is 11.1 Å². The van der Waals surface area contributed by atoms with E-state index in [9.17, 15) is 14.4 Å². The number of likely N-dealkylation sites (tertiary alicyclic amines) is 1. The monoisotopic (exact) mass is 486 g/mol. The zero-order valence-electron chi connectivity index (χ0n) is 19.3. The number of anilines is 1. The molecule has 34 heavy (non-hydrogen) atoms. The summed E-state index contributed by atoms with van der Waals surface area (Å²) in [7, 11) is 0. The molecule has 1 atom stereocenters. The van der Waals surface area contributed by atoms with Crippen LogP contribution in [0.2, 0.25) is 5.02 Å². The van der Waals surface area contributed by atoms with Gasteiger partial charge >= 0.3 is 6.09 Å². The molecule has 0 spiro atoms. The number of piperidine rings is 1. The molecule has 182 valence electrons. The van der Waals surface area contributed by atoms with E-state index in [1.807, 2.05) is 30.3 Å². The molecule has 0 aliphatic carbocycles. The first kappa shape index (κ1) is 25.5. The van der Waals surface area contributed by atoms with Gasteiger partial charge in [0.25, 0.3) is 0 Å². The average molecular weight is 487 g/mol. The molecule has 2 aromatic rings. The molecular weight excluding hydrogens is 456 g/mol. The molecule has 8 nitrogen and oxygen atoms in total. The third kappa shape index (κ3) is 6.48. The largest absolute Gasteiger partial charge is 0.448 e. The predicted octanol–water partition coefficient (Wildman–Crippen LogP) is 3.33. The van der Waals surface area contributed by atoms with Gasteiger partial charge in [-0.25, -0.2) is 4.79 Å². The Kier molecular flexibility index (Phi) is 8.90. The van der Waals surface area contributed by atoms with E-state index in [-0.39, 0.29) is 38.1 Å². The number of hydrogen-bond acceptors (Lipinski definition) is 5. The van der Waals surface area contributed by atoms with Gasteiger partial charge in [0.15, 0.2) is 0 Å². The van der Waals surface area contributed by atoms with Gasteiger partial charge in [0.2, 0.25) is 11.8 Å². The molecule has 0 saturated carbocycles. The highest BCUT2D eigenvalue weighted by Gasteiger charge is 2.44. The summed E-state index contributed by atoms with van der Waals surface area (Å²) in [6, 6.07) is 14.7. The third-order valence-corrected chi connectivity index (χ3v) is 6.44. The highest BCUT2D eigenvalue weighted by molar-refractivity contribution is 6.31. The Bertz CT molecular complexity index is 1010. The molecule has 1 unspecified atom stereocenters. The van der Waals surface area contributed by atoms with E-state index in [0.29, 0.717) is 30.1 Å². The molecule has 0 bridgehead atoms. The standard InChI is InChI=1S/C25H31ClN4O4/c1-2-18-8-10-20(11-9-18)29-24(33)34-17-25(12-5-13-30(16-25)22(31)14-27)23(32)28-15-19-6-3-4-7-21(19)26/h3-4,6-11H,2,5,12-17,27H2,1H3,(H,28,32)(H,29,33). The maximum absolute atomic E-state index is 13.4. The molecule has 0 radical (unpaired) electrons. The van der Waals surface area contributed by atoms with Gasteiger partial charge in [-0.3, -0.25) is 14.9 Å². The molecule has 3 rings (SSSR count). The van der Waals surface area contributed by atoms with Crippen molar-refractivity contribution in [1.29, 1.82) is 0 Å². The van der Waals surface area contributed by atoms with Crippen LogP contribution in [-0.2, 0) is 27.3 Å². The smallest absolute Gasteiger partial charge is 0.411 e. The van der Waals surface area contributed by atoms with Crippen LogP contribution in [0.4, 0.5) is 10.5 Å². The fraction of sp³-hybridized carbons (Fsp3) is 0.400. The van der Waals surface area contributed by atoms with Crippen LogP contribution >= 0.6 is 11.6 Å². The SMILES string of the molecule is CCc1ccc(NC(=O)OCC2(C(=O)NCc3ccccc3Cl)CCCN(C(=O)CN)C2)cc1. The van der Waals surface area contributed by atoms with Gasteiger partial charge in [0.05, 0.1) is 6.54 Å². The minimum Gasteiger partial charge on any atom is -0.448 e. The number of hydrogen-bond donors (Lipinski definition) is 3. The summed E-state index contributed by atoms with van der Waals surface area (Å²) in [5, 5.41) is 6.14. The van der Waals surface area contributed by atoms with Crippen LogP contribution in [0.25, 0.3) is 0 Å². The topological polar surface area (TPSA) is 114 Å². The maximum atomic E-state index is 13.4. The lowest BCUT2D eigenvalue weighted by atomic mass is 9.79. The van der Waals surface area contributed by atoms with Crippen LogP contribution in [0.15, 0.2) is 48.5 Å². The lowest BCUT2D eigenvalue weighted by Crippen LogP contribution is -2.56. The molecule has 1 aliphatic rings. The molecular formula is C25H31ClN4O4. The van der Waals surface area contributed by atoms with Crippen molar-refractivity contribution < 1.29 is 19.1 Å². The fourth-order valence-corrected chi connectivity index (χ4v) is 4.23. The number of nitrogens with zero attached hydrogens (tertiary/aromatic N) is 1. The average Bonchev–Trinajstić information content (AvgIpc) is 2.87. The van der Waals surface area contributed by atoms with Gasteiger partial charge in [-0.05, 0) is 48.6 Å². The third-order valence-electron chi connectivity index (χ3n) is 6.07. The molecule has 3 amide bonds. The number of halogens is 1. The molecule has 2 aromatic carbocycles. The molecule has 4 N–H and O–H groups in total. The van der Waals surface area contributed by atoms with E-state index in [0.717, 1.165) is 17.5 Å². The second kappa shape index (κ2) is 11.9. The van der Waals surface area contributed by atoms with Gasteiger partial charge in [0.1, 0.15) is 12.0 Å². The second-order valence-electron chi connectivity index (χ2n) is 8.43. The number of aryl methyl sites for hydroxylation is 1. The predicted molar refractivity (Wildman–Crippen MR) is 131 cm³/mol. The Labute approximate surface area is 204 Å². The zero-order chi connectivity index (χ0) is 24.6. The van der Waals surface area contributed by atoms with Crippen molar-refractivity contribution in [2.45, 2.75) is 32.7 Å². The Morgan fingerprint density at radius 1 is 1.15 bits per heavy atom. The van der Waals surface area contributed by atoms with Crippen LogP contribution in [-0.4, -0.2) is 49.0 Å². The van der Waals surface area contributed by atoms with E-state index >= 15 is 0 Å². The van der Waals surface area contributed by atoms with E-state index in [4.69, 9.17) is 22.1 Å². The van der Waals surface area contributed by atoms with Crippen molar-refractivity contribution in [3.63, 3.8) is 0 Å². The van der Waals surface area contributed by atoms with Crippen molar-refractivity contribution in [3.05, 3.63) is 64.7 Å². The summed E-state index contributed by atoms with van der Waals surface area (Å²) in [5.41, 5.74) is 6.98. The van der Waals surface area contributed by atoms with Crippen molar-refractivity contribution in [3.8, 4) is 0 Å². The molecule has 1 aliphatic heterocycles. The van der Waals surface area contributed by atoms with E-state index in [2.05, 4.69) is 17.6 Å². The Morgan fingerprint density at radius 2 is 1.88 bits per heavy atom. The second-order valence-corrected chi connectivity index (χ2v) is 8.84. The normalized spacial score (nSPS) is 17.7. The maximum Gasteiger partial charge on any atom is 0.411 e. The highest BCUT2D eigenvalue weighted by Crippen LogP contribution is 2.31. The quantitative estimate of drug-likeness (QED) is 0.529. The molecule has 9 heteroatoms. The van der Waals surface area contributed by atoms with Gasteiger partial charge in [-0.15, -0.1) is 0 Å². The summed E-state index contributed by atoms with van der Waals surface area (Å²) >= 11 is 6.21. The molecule has 0 aromatic heterocycles. The number of nitrogens with two attached hydrogens (primary N) is 1. The Morgan fingerprint density at radius 3 is 2.56 bits per heavy atom. The summed E-state index contributed by atoms with van der Waals surface area (Å²) < 4.78 is 5.50. The molecule has 1 heterocycles. The first-order chi connectivity index (χ1) is 16.4. The van der Waals surface area contributed by atoms with Gasteiger partial charge in [-0.2, -0.15) is 0 Å². The summed E-state index contributed by atoms with van der Waals surface area (Å²) in [6.45, 7) is 2.58. The van der Waals surface area contributed by atoms with Crippen LogP contribution in [0.5, 0.6) is 0 Å². The van der Waals surface area contributed by atoms with Gasteiger partial charge in [-0.1, -0.05) is 48.9 Å². The van der Waals surface area contributed by atoms with E-state index < -0.39 is 11.5 Å². The van der Waals surface area contributed by atoms with E-state index in [1.165, 1.54) is 0 Å². The lowest BCUT2D eigenvalue weighted by Gasteiger charge is -2.41. The zero-order valence-corrected chi connectivity index (χ0v) is 20.1. The number of ether oxygens (including phenoxy) is 1. The van der Waals surface area contributed by atoms with Crippen molar-refractivity contribution >= 4 is 35.2 Å². The number of nitrogens with one attached hydrogen (secondary N) is 2.